The van der Waals surface area contributed by atoms with Gasteiger partial charge in [-0.2, -0.15) is 0 Å². The molecular formula is C11H11. The summed E-state index contributed by atoms with van der Waals surface area (Å²) in [4.78, 5) is 0. The molecule has 0 N–H and O–H groups in total. The van der Waals surface area contributed by atoms with Gasteiger partial charge in [0.2, 0.25) is 0 Å². The molecule has 0 aromatic heterocycles. The van der Waals surface area contributed by atoms with Gasteiger partial charge in [0.1, 0.15) is 0 Å². The van der Waals surface area contributed by atoms with Crippen LogP contribution in [0.5, 0.6) is 0 Å². The molecule has 11 heavy (non-hydrogen) atoms. The molecule has 0 amide bonds. The quantitative estimate of drug-likeness (QED) is 0.524. The summed E-state index contributed by atoms with van der Waals surface area (Å²) in [6.07, 6.45) is 5.19. The van der Waals surface area contributed by atoms with Gasteiger partial charge in [-0.3, -0.25) is 0 Å². The summed E-state index contributed by atoms with van der Waals surface area (Å²) in [6, 6.07) is 8.91. The van der Waals surface area contributed by atoms with Gasteiger partial charge in [0.25, 0.3) is 0 Å². The largest absolute Gasteiger partial charge is 0.0620 e. The maximum Gasteiger partial charge on any atom is -0.0122 e. The van der Waals surface area contributed by atoms with Crippen LogP contribution in [0.1, 0.15) is 35.8 Å². The van der Waals surface area contributed by atoms with Gasteiger partial charge >= 0.3 is 0 Å². The van der Waals surface area contributed by atoms with E-state index < -0.39 is 0 Å². The van der Waals surface area contributed by atoms with Crippen molar-refractivity contribution < 1.29 is 0 Å². The predicted octanol–water partition coefficient (Wildman–Crippen LogP) is 2.87. The maximum atomic E-state index is 2.48. The molecule has 3 rings (SSSR count). The number of rotatable bonds is 0. The summed E-state index contributed by atoms with van der Waals surface area (Å²) < 4.78 is 0. The first-order chi connectivity index (χ1) is 5.45. The van der Waals surface area contributed by atoms with Crippen LogP contribution in [0.25, 0.3) is 0 Å². The minimum atomic E-state index is 0.802. The molecular weight excluding hydrogens is 132 g/mol. The number of hydrogen-bond acceptors (Lipinski definition) is 0. The van der Waals surface area contributed by atoms with Gasteiger partial charge in [-0.1, -0.05) is 24.3 Å². The fraction of sp³-hybridized carbons (Fsp3) is 0.364. The van der Waals surface area contributed by atoms with Gasteiger partial charge in [0, 0.05) is 0 Å². The van der Waals surface area contributed by atoms with E-state index in [4.69, 9.17) is 0 Å². The lowest BCUT2D eigenvalue weighted by atomic mass is 9.92. The first-order valence-electron chi connectivity index (χ1n) is 4.37. The van der Waals surface area contributed by atoms with E-state index >= 15 is 0 Å². The molecule has 0 spiro atoms. The minimum absolute atomic E-state index is 0.802. The summed E-state index contributed by atoms with van der Waals surface area (Å²) in [5, 5.41) is 0. The van der Waals surface area contributed by atoms with Crippen molar-refractivity contribution in [2.45, 2.75) is 24.7 Å². The Kier molecular flexibility index (Phi) is 0.993. The standard InChI is InChI=1S/C11H11/c1-2-4-11-9-6-5-8(7-9)10(11)3-1/h1-5,8-9H,6-7H2. The summed E-state index contributed by atoms with van der Waals surface area (Å²) >= 11 is 0. The first kappa shape index (κ1) is 5.82. The fourth-order valence-corrected chi connectivity index (χ4v) is 2.56. The van der Waals surface area contributed by atoms with Gasteiger partial charge in [0.15, 0.2) is 0 Å². The Hall–Kier alpha value is -0.780. The third-order valence-electron chi connectivity index (χ3n) is 3.08. The predicted molar refractivity (Wildman–Crippen MR) is 45.5 cm³/mol. The van der Waals surface area contributed by atoms with Crippen molar-refractivity contribution in [1.29, 1.82) is 0 Å². The van der Waals surface area contributed by atoms with Gasteiger partial charge in [-0.25, -0.2) is 0 Å². The molecule has 2 bridgehead atoms. The Morgan fingerprint density at radius 2 is 1.91 bits per heavy atom. The molecule has 2 aliphatic carbocycles. The molecule has 0 heteroatoms. The highest BCUT2D eigenvalue weighted by atomic mass is 14.4. The van der Waals surface area contributed by atoms with E-state index in [1.165, 1.54) is 12.8 Å². The van der Waals surface area contributed by atoms with Crippen LogP contribution in [0, 0.1) is 6.42 Å². The molecule has 1 aromatic rings. The smallest absolute Gasteiger partial charge is 0.0122 e. The van der Waals surface area contributed by atoms with Crippen LogP contribution in [0.15, 0.2) is 24.3 Å². The SMILES string of the molecule is [CH]1CC2CC1c1ccccc12. The van der Waals surface area contributed by atoms with Gasteiger partial charge < -0.3 is 0 Å². The molecule has 1 radical (unpaired) electrons. The van der Waals surface area contributed by atoms with Crippen LogP contribution in [-0.2, 0) is 0 Å². The number of benzene rings is 1. The third-order valence-corrected chi connectivity index (χ3v) is 3.08. The topological polar surface area (TPSA) is 0 Å². The Morgan fingerprint density at radius 3 is 2.73 bits per heavy atom. The third kappa shape index (κ3) is 0.649. The molecule has 1 aromatic carbocycles. The Morgan fingerprint density at radius 1 is 1.09 bits per heavy atom. The Bertz CT molecular complexity index is 259. The minimum Gasteiger partial charge on any atom is -0.0620 e. The van der Waals surface area contributed by atoms with Crippen molar-refractivity contribution in [3.63, 3.8) is 0 Å². The second-order valence-electron chi connectivity index (χ2n) is 3.64. The molecule has 55 valence electrons. The number of fused-ring (bicyclic) bond motifs is 5. The highest BCUT2D eigenvalue weighted by Gasteiger charge is 2.36. The molecule has 0 saturated heterocycles. The zero-order chi connectivity index (χ0) is 7.26. The van der Waals surface area contributed by atoms with E-state index in [-0.39, 0.29) is 0 Å². The summed E-state index contributed by atoms with van der Waals surface area (Å²) in [5.74, 6) is 1.67. The van der Waals surface area contributed by atoms with E-state index in [2.05, 4.69) is 30.7 Å². The molecule has 0 aliphatic heterocycles. The van der Waals surface area contributed by atoms with Crippen molar-refractivity contribution in [3.8, 4) is 0 Å². The van der Waals surface area contributed by atoms with Crippen molar-refractivity contribution in [2.75, 3.05) is 0 Å². The fourth-order valence-electron chi connectivity index (χ4n) is 2.56. The van der Waals surface area contributed by atoms with Crippen molar-refractivity contribution in [2.24, 2.45) is 0 Å². The molecule has 2 unspecified atom stereocenters. The summed E-state index contributed by atoms with van der Waals surface area (Å²) in [6.45, 7) is 0. The van der Waals surface area contributed by atoms with Crippen LogP contribution in [0.3, 0.4) is 0 Å². The molecule has 0 heterocycles. The van der Waals surface area contributed by atoms with Gasteiger partial charge in [0.05, 0.1) is 0 Å². The van der Waals surface area contributed by atoms with E-state index in [1.807, 2.05) is 0 Å². The number of hydrogen-bond donors (Lipinski definition) is 0. The zero-order valence-corrected chi connectivity index (χ0v) is 6.46. The summed E-state index contributed by atoms with van der Waals surface area (Å²) in [7, 11) is 0. The molecule has 1 fully saturated rings. The molecule has 2 aliphatic rings. The lowest BCUT2D eigenvalue weighted by Gasteiger charge is -2.13. The van der Waals surface area contributed by atoms with E-state index in [0.717, 1.165) is 11.8 Å². The van der Waals surface area contributed by atoms with Crippen molar-refractivity contribution in [1.82, 2.24) is 0 Å². The van der Waals surface area contributed by atoms with Gasteiger partial charge in [-0.05, 0) is 42.2 Å². The average molecular weight is 143 g/mol. The van der Waals surface area contributed by atoms with E-state index in [0.29, 0.717) is 0 Å². The first-order valence-corrected chi connectivity index (χ1v) is 4.37. The lowest BCUT2D eigenvalue weighted by Crippen LogP contribution is -1.96. The molecule has 1 saturated carbocycles. The highest BCUT2D eigenvalue weighted by molar-refractivity contribution is 5.43. The van der Waals surface area contributed by atoms with Crippen molar-refractivity contribution in [3.05, 3.63) is 41.8 Å². The van der Waals surface area contributed by atoms with Crippen LogP contribution >= 0.6 is 0 Å². The van der Waals surface area contributed by atoms with Crippen LogP contribution < -0.4 is 0 Å². The van der Waals surface area contributed by atoms with Crippen LogP contribution in [0.2, 0.25) is 0 Å². The zero-order valence-electron chi connectivity index (χ0n) is 6.46. The Balaban J connectivity index is 2.23. The monoisotopic (exact) mass is 143 g/mol. The van der Waals surface area contributed by atoms with Crippen LogP contribution in [-0.4, -0.2) is 0 Å². The van der Waals surface area contributed by atoms with Crippen molar-refractivity contribution >= 4 is 0 Å². The maximum absolute atomic E-state index is 2.48. The average Bonchev–Trinajstić information content (AvgIpc) is 2.64. The second-order valence-corrected chi connectivity index (χ2v) is 3.64. The highest BCUT2D eigenvalue weighted by Crippen LogP contribution is 2.51. The van der Waals surface area contributed by atoms with Gasteiger partial charge in [-0.15, -0.1) is 0 Å². The Labute approximate surface area is 67.2 Å². The second kappa shape index (κ2) is 1.88. The summed E-state index contributed by atoms with van der Waals surface area (Å²) in [5.41, 5.74) is 3.23. The molecule has 0 nitrogen and oxygen atoms in total. The molecule has 2 atom stereocenters. The normalized spacial score (nSPS) is 32.4. The van der Waals surface area contributed by atoms with E-state index in [9.17, 15) is 0 Å². The van der Waals surface area contributed by atoms with E-state index in [1.54, 1.807) is 11.1 Å². The van der Waals surface area contributed by atoms with Crippen LogP contribution in [0.4, 0.5) is 0 Å². The lowest BCUT2D eigenvalue weighted by molar-refractivity contribution is 0.757.